The van der Waals surface area contributed by atoms with Crippen LogP contribution in [0.25, 0.3) is 10.9 Å². The lowest BCUT2D eigenvalue weighted by Crippen LogP contribution is -2.41. The van der Waals surface area contributed by atoms with Crippen LogP contribution in [-0.2, 0) is 4.43 Å². The number of benzene rings is 1. The highest BCUT2D eigenvalue weighted by Crippen LogP contribution is 2.39. The second-order valence-electron chi connectivity index (χ2n) is 8.29. The number of unbranched alkanes of at least 4 members (excludes halogenated alkanes) is 1. The maximum Gasteiger partial charge on any atom is 0.329 e. The number of rotatable bonds is 8. The Kier molecular flexibility index (Phi) is 7.47. The van der Waals surface area contributed by atoms with Gasteiger partial charge in [0.25, 0.3) is 0 Å². The van der Waals surface area contributed by atoms with E-state index in [4.69, 9.17) is 16.0 Å². The van der Waals surface area contributed by atoms with E-state index < -0.39 is 13.2 Å². The van der Waals surface area contributed by atoms with E-state index in [-0.39, 0.29) is 15.9 Å². The summed E-state index contributed by atoms with van der Waals surface area (Å²) in [4.78, 5) is 15.2. The van der Waals surface area contributed by atoms with Gasteiger partial charge in [0.2, 0.25) is 5.15 Å². The van der Waals surface area contributed by atoms with Gasteiger partial charge in [0, 0.05) is 23.0 Å². The second kappa shape index (κ2) is 9.07. The summed E-state index contributed by atoms with van der Waals surface area (Å²) in [6, 6.07) is 5.43. The van der Waals surface area contributed by atoms with Crippen LogP contribution in [0.4, 0.5) is 11.4 Å². The van der Waals surface area contributed by atoms with Gasteiger partial charge >= 0.3 is 5.69 Å². The molecule has 1 heterocycles. The van der Waals surface area contributed by atoms with Gasteiger partial charge in [-0.25, -0.2) is 4.98 Å². The molecule has 0 radical (unpaired) electrons. The van der Waals surface area contributed by atoms with Crippen molar-refractivity contribution in [2.75, 3.05) is 18.5 Å². The van der Waals surface area contributed by atoms with E-state index >= 15 is 0 Å². The Bertz CT molecular complexity index is 872. The Morgan fingerprint density at radius 2 is 2.00 bits per heavy atom. The monoisotopic (exact) mass is 487 g/mol. The Labute approximate surface area is 180 Å². The average molecular weight is 489 g/mol. The molecule has 2 rings (SSSR count). The molecular weight excluding hydrogens is 462 g/mol. The third-order valence-electron chi connectivity index (χ3n) is 5.20. The van der Waals surface area contributed by atoms with Gasteiger partial charge in [-0.15, -0.1) is 0 Å². The highest BCUT2D eigenvalue weighted by Gasteiger charge is 2.36. The molecular formula is C19H27BrClN3O3Si. The smallest absolute Gasteiger partial charge is 0.329 e. The SMILES string of the molecule is CC(C)(C)[Si](C)(C)OCCCCNc1c([N+](=O)[O-])c(Cl)nc2ccc(Br)cc12. The first-order chi connectivity index (χ1) is 12.9. The topological polar surface area (TPSA) is 77.3 Å². The summed E-state index contributed by atoms with van der Waals surface area (Å²) in [6.07, 6.45) is 1.72. The number of nitrogens with zero attached hydrogens (tertiary/aromatic N) is 2. The number of hydrogen-bond acceptors (Lipinski definition) is 5. The van der Waals surface area contributed by atoms with Crippen LogP contribution in [0.2, 0.25) is 23.3 Å². The van der Waals surface area contributed by atoms with Crippen LogP contribution >= 0.6 is 27.5 Å². The molecule has 0 bridgehead atoms. The van der Waals surface area contributed by atoms with E-state index in [9.17, 15) is 10.1 Å². The van der Waals surface area contributed by atoms with Crippen molar-refractivity contribution in [3.8, 4) is 0 Å². The number of nitro groups is 1. The van der Waals surface area contributed by atoms with Crippen molar-refractivity contribution in [1.29, 1.82) is 0 Å². The quantitative estimate of drug-likeness (QED) is 0.146. The second-order valence-corrected chi connectivity index (χ2v) is 14.4. The number of hydrogen-bond donors (Lipinski definition) is 1. The molecule has 154 valence electrons. The van der Waals surface area contributed by atoms with Crippen LogP contribution in [0.5, 0.6) is 0 Å². The number of pyridine rings is 1. The van der Waals surface area contributed by atoms with Gasteiger partial charge in [-0.1, -0.05) is 48.3 Å². The largest absolute Gasteiger partial charge is 0.417 e. The lowest BCUT2D eigenvalue weighted by Gasteiger charge is -2.36. The lowest BCUT2D eigenvalue weighted by molar-refractivity contribution is -0.384. The molecule has 1 N–H and O–H groups in total. The van der Waals surface area contributed by atoms with Crippen molar-refractivity contribution in [3.05, 3.63) is 37.9 Å². The number of anilines is 1. The minimum atomic E-state index is -1.74. The van der Waals surface area contributed by atoms with Crippen LogP contribution < -0.4 is 5.32 Å². The zero-order chi connectivity index (χ0) is 21.1. The molecule has 2 aromatic rings. The summed E-state index contributed by atoms with van der Waals surface area (Å²) in [6.45, 7) is 12.4. The van der Waals surface area contributed by atoms with E-state index in [2.05, 4.69) is 60.1 Å². The molecule has 0 spiro atoms. The van der Waals surface area contributed by atoms with Gasteiger partial charge in [0.15, 0.2) is 8.32 Å². The lowest BCUT2D eigenvalue weighted by atomic mass is 10.1. The van der Waals surface area contributed by atoms with Crippen LogP contribution in [0.1, 0.15) is 33.6 Å². The highest BCUT2D eigenvalue weighted by atomic mass is 79.9. The Morgan fingerprint density at radius 3 is 2.61 bits per heavy atom. The Balaban J connectivity index is 2.07. The summed E-state index contributed by atoms with van der Waals surface area (Å²) in [7, 11) is -1.74. The van der Waals surface area contributed by atoms with Gasteiger partial charge < -0.3 is 9.74 Å². The molecule has 0 saturated carbocycles. The predicted molar refractivity (Wildman–Crippen MR) is 122 cm³/mol. The minimum absolute atomic E-state index is 0.108. The van der Waals surface area contributed by atoms with Crippen molar-refractivity contribution in [2.45, 2.75) is 51.7 Å². The molecule has 0 unspecified atom stereocenters. The van der Waals surface area contributed by atoms with E-state index in [1.165, 1.54) is 0 Å². The van der Waals surface area contributed by atoms with Crippen LogP contribution in [-0.4, -0.2) is 31.4 Å². The maximum absolute atomic E-state index is 11.5. The molecule has 9 heteroatoms. The van der Waals surface area contributed by atoms with Gasteiger partial charge in [-0.05, 0) is 49.2 Å². The summed E-state index contributed by atoms with van der Waals surface area (Å²) in [5, 5.41) is 15.5. The Hall–Kier alpha value is -1.22. The normalized spacial score (nSPS) is 12.4. The van der Waals surface area contributed by atoms with E-state index in [0.29, 0.717) is 29.7 Å². The fraction of sp³-hybridized carbons (Fsp3) is 0.526. The van der Waals surface area contributed by atoms with Crippen molar-refractivity contribution >= 4 is 58.1 Å². The molecule has 1 aromatic carbocycles. The molecule has 0 atom stereocenters. The zero-order valence-electron chi connectivity index (χ0n) is 16.9. The first kappa shape index (κ1) is 23.1. The average Bonchev–Trinajstić information content (AvgIpc) is 2.56. The minimum Gasteiger partial charge on any atom is -0.417 e. The number of nitrogens with one attached hydrogen (secondary N) is 1. The zero-order valence-corrected chi connectivity index (χ0v) is 20.3. The summed E-state index contributed by atoms with van der Waals surface area (Å²) < 4.78 is 7.00. The molecule has 6 nitrogen and oxygen atoms in total. The molecule has 1 aromatic heterocycles. The first-order valence-corrected chi connectivity index (χ1v) is 13.3. The van der Waals surface area contributed by atoms with Crippen LogP contribution in [0.15, 0.2) is 22.7 Å². The molecule has 0 fully saturated rings. The van der Waals surface area contributed by atoms with Crippen molar-refractivity contribution in [1.82, 2.24) is 4.98 Å². The molecule has 0 aliphatic carbocycles. The van der Waals surface area contributed by atoms with Gasteiger partial charge in [0.1, 0.15) is 5.69 Å². The van der Waals surface area contributed by atoms with E-state index in [1.54, 1.807) is 6.07 Å². The summed E-state index contributed by atoms with van der Waals surface area (Å²) >= 11 is 9.49. The predicted octanol–water partition coefficient (Wildman–Crippen LogP) is 6.77. The summed E-state index contributed by atoms with van der Waals surface area (Å²) in [5.74, 6) is 0. The third-order valence-corrected chi connectivity index (χ3v) is 10.5. The number of aromatic nitrogens is 1. The maximum atomic E-state index is 11.5. The molecule has 28 heavy (non-hydrogen) atoms. The highest BCUT2D eigenvalue weighted by molar-refractivity contribution is 9.10. The number of fused-ring (bicyclic) bond motifs is 1. The third kappa shape index (κ3) is 5.43. The van der Waals surface area contributed by atoms with Gasteiger partial charge in [0.05, 0.1) is 10.4 Å². The fourth-order valence-electron chi connectivity index (χ4n) is 2.53. The standard InChI is InChI=1S/C19H27BrClN3O3Si/c1-19(2,3)28(4,5)27-11-7-6-10-22-16-14-12-13(20)8-9-15(14)23-18(21)17(16)24(25)26/h8-9,12H,6-7,10-11H2,1-5H3,(H,22,23). The molecule has 0 saturated heterocycles. The molecule has 0 aliphatic rings. The first-order valence-electron chi connectivity index (χ1n) is 9.25. The van der Waals surface area contributed by atoms with E-state index in [0.717, 1.165) is 17.3 Å². The van der Waals surface area contributed by atoms with Crippen molar-refractivity contribution in [3.63, 3.8) is 0 Å². The fourth-order valence-corrected chi connectivity index (χ4v) is 4.23. The summed E-state index contributed by atoms with van der Waals surface area (Å²) in [5.41, 5.74) is 0.832. The van der Waals surface area contributed by atoms with Crippen LogP contribution in [0, 0.1) is 10.1 Å². The van der Waals surface area contributed by atoms with Crippen molar-refractivity contribution < 1.29 is 9.35 Å². The van der Waals surface area contributed by atoms with Crippen molar-refractivity contribution in [2.24, 2.45) is 0 Å². The van der Waals surface area contributed by atoms with E-state index in [1.807, 2.05) is 12.1 Å². The molecule has 0 amide bonds. The Morgan fingerprint density at radius 1 is 1.32 bits per heavy atom. The van der Waals surface area contributed by atoms with Gasteiger partial charge in [-0.3, -0.25) is 10.1 Å². The number of halogens is 2. The van der Waals surface area contributed by atoms with Gasteiger partial charge in [-0.2, -0.15) is 0 Å². The van der Waals surface area contributed by atoms with Crippen LogP contribution in [0.3, 0.4) is 0 Å². The molecule has 0 aliphatic heterocycles.